The lowest BCUT2D eigenvalue weighted by atomic mass is 9.84. The minimum atomic E-state index is -0.925. The lowest BCUT2D eigenvalue weighted by molar-refractivity contribution is -0.138. The second-order valence-electron chi connectivity index (χ2n) is 11.6. The van der Waals surface area contributed by atoms with Crippen LogP contribution in [0.25, 0.3) is 0 Å². The SMILES string of the molecule is CNC(=O)O[C@H]1CCN(CC(c2ccccc2)c2ccccc2)C(=O)[C@@](CCN2CCCCC2)(Cc2ccccc2)N1. The topological polar surface area (TPSA) is 73.9 Å². The van der Waals surface area contributed by atoms with Crippen LogP contribution >= 0.6 is 0 Å². The minimum absolute atomic E-state index is 0.0179. The van der Waals surface area contributed by atoms with E-state index in [2.05, 4.69) is 76.2 Å². The van der Waals surface area contributed by atoms with E-state index in [1.807, 2.05) is 35.2 Å². The van der Waals surface area contributed by atoms with Crippen LogP contribution in [0.5, 0.6) is 0 Å². The van der Waals surface area contributed by atoms with E-state index in [4.69, 9.17) is 4.74 Å². The van der Waals surface area contributed by atoms with Gasteiger partial charge in [-0.05, 0) is 55.5 Å². The van der Waals surface area contributed by atoms with E-state index in [0.29, 0.717) is 32.4 Å². The molecule has 0 spiro atoms. The average Bonchev–Trinajstić information content (AvgIpc) is 3.16. The monoisotopic (exact) mass is 568 g/mol. The number of carbonyl (C=O) groups is 2. The fourth-order valence-corrected chi connectivity index (χ4v) is 6.43. The quantitative estimate of drug-likeness (QED) is 0.353. The molecule has 7 nitrogen and oxygen atoms in total. The lowest BCUT2D eigenvalue weighted by Crippen LogP contribution is -2.61. The molecule has 3 aromatic carbocycles. The van der Waals surface area contributed by atoms with Crippen molar-refractivity contribution in [2.24, 2.45) is 0 Å². The number of likely N-dealkylation sites (tertiary alicyclic amines) is 1. The van der Waals surface area contributed by atoms with Crippen molar-refractivity contribution in [2.45, 2.75) is 56.2 Å². The third-order valence-corrected chi connectivity index (χ3v) is 8.71. The number of piperidine rings is 1. The second-order valence-corrected chi connectivity index (χ2v) is 11.6. The molecule has 2 heterocycles. The number of ether oxygens (including phenoxy) is 1. The normalized spacial score (nSPS) is 21.6. The summed E-state index contributed by atoms with van der Waals surface area (Å²) in [6.45, 7) is 3.96. The number of hydrogen-bond donors (Lipinski definition) is 2. The van der Waals surface area contributed by atoms with Crippen LogP contribution in [0.15, 0.2) is 91.0 Å². The Labute approximate surface area is 250 Å². The molecular formula is C35H44N4O3. The van der Waals surface area contributed by atoms with Crippen LogP contribution in [0, 0.1) is 0 Å². The number of amides is 2. The third-order valence-electron chi connectivity index (χ3n) is 8.71. The Morgan fingerprint density at radius 2 is 1.50 bits per heavy atom. The van der Waals surface area contributed by atoms with Gasteiger partial charge in [0.05, 0.1) is 0 Å². The third kappa shape index (κ3) is 7.58. The molecule has 7 heteroatoms. The minimum Gasteiger partial charge on any atom is -0.430 e. The van der Waals surface area contributed by atoms with Gasteiger partial charge in [0.2, 0.25) is 5.91 Å². The first-order valence-corrected chi connectivity index (χ1v) is 15.4. The number of hydrogen-bond acceptors (Lipinski definition) is 5. The van der Waals surface area contributed by atoms with Crippen LogP contribution in [0.3, 0.4) is 0 Å². The van der Waals surface area contributed by atoms with Crippen molar-refractivity contribution in [3.8, 4) is 0 Å². The maximum atomic E-state index is 14.9. The summed E-state index contributed by atoms with van der Waals surface area (Å²) in [5.74, 6) is 0.0903. The van der Waals surface area contributed by atoms with Gasteiger partial charge in [-0.1, -0.05) is 97.4 Å². The van der Waals surface area contributed by atoms with E-state index in [1.54, 1.807) is 7.05 Å². The molecule has 42 heavy (non-hydrogen) atoms. The Kier molecular flexibility index (Phi) is 10.3. The Hall–Kier alpha value is -3.68. The number of alkyl carbamates (subject to hydrolysis) is 1. The zero-order chi connectivity index (χ0) is 29.2. The van der Waals surface area contributed by atoms with Crippen LogP contribution in [-0.4, -0.2) is 73.3 Å². The Bertz CT molecular complexity index is 1230. The van der Waals surface area contributed by atoms with Gasteiger partial charge in [-0.15, -0.1) is 0 Å². The summed E-state index contributed by atoms with van der Waals surface area (Å²) >= 11 is 0. The van der Waals surface area contributed by atoms with E-state index in [0.717, 1.165) is 25.2 Å². The van der Waals surface area contributed by atoms with E-state index < -0.39 is 17.9 Å². The highest BCUT2D eigenvalue weighted by Gasteiger charge is 2.46. The molecule has 0 aliphatic carbocycles. The lowest BCUT2D eigenvalue weighted by Gasteiger charge is -2.39. The molecule has 2 saturated heterocycles. The summed E-state index contributed by atoms with van der Waals surface area (Å²) in [5.41, 5.74) is 2.51. The zero-order valence-corrected chi connectivity index (χ0v) is 24.7. The van der Waals surface area contributed by atoms with E-state index in [1.165, 1.54) is 30.4 Å². The summed E-state index contributed by atoms with van der Waals surface area (Å²) in [5, 5.41) is 6.20. The molecule has 0 radical (unpaired) electrons. The smallest absolute Gasteiger partial charge is 0.408 e. The maximum Gasteiger partial charge on any atom is 0.408 e. The first-order chi connectivity index (χ1) is 20.6. The van der Waals surface area contributed by atoms with Crippen LogP contribution in [0.1, 0.15) is 54.7 Å². The predicted octanol–water partition coefficient (Wildman–Crippen LogP) is 5.18. The first kappa shape index (κ1) is 29.8. The van der Waals surface area contributed by atoms with E-state index >= 15 is 0 Å². The van der Waals surface area contributed by atoms with Gasteiger partial charge in [0, 0.05) is 39.0 Å². The molecule has 2 fully saturated rings. The molecule has 2 atom stereocenters. The molecule has 0 unspecified atom stereocenters. The van der Waals surface area contributed by atoms with Crippen LogP contribution in [0.2, 0.25) is 0 Å². The van der Waals surface area contributed by atoms with Crippen LogP contribution in [-0.2, 0) is 16.0 Å². The van der Waals surface area contributed by atoms with E-state index in [9.17, 15) is 9.59 Å². The van der Waals surface area contributed by atoms with Crippen LogP contribution in [0.4, 0.5) is 4.79 Å². The molecule has 2 aliphatic rings. The highest BCUT2D eigenvalue weighted by atomic mass is 16.6. The largest absolute Gasteiger partial charge is 0.430 e. The number of benzene rings is 3. The molecule has 2 N–H and O–H groups in total. The van der Waals surface area contributed by atoms with Crippen molar-refractivity contribution < 1.29 is 14.3 Å². The number of rotatable bonds is 10. The Morgan fingerprint density at radius 3 is 2.10 bits per heavy atom. The van der Waals surface area contributed by atoms with Crippen LogP contribution < -0.4 is 10.6 Å². The fraction of sp³-hybridized carbons (Fsp3) is 0.429. The van der Waals surface area contributed by atoms with Gasteiger partial charge in [0.1, 0.15) is 5.54 Å². The van der Waals surface area contributed by atoms with Gasteiger partial charge in [-0.25, -0.2) is 4.79 Å². The standard InChI is InChI=1S/C35H44N4O3/c1-36-34(41)42-32-20-24-39(27-31(29-16-8-3-9-17-29)30-18-10-4-11-19-30)33(40)35(37-32,26-28-14-6-2-7-15-28)21-25-38-22-12-5-13-23-38/h2-4,6-11,14-19,31-32,37H,5,12-13,20-27H2,1H3,(H,36,41)/t32-,35+/m0/s1. The fourth-order valence-electron chi connectivity index (χ4n) is 6.43. The molecule has 0 aromatic heterocycles. The highest BCUT2D eigenvalue weighted by molar-refractivity contribution is 5.87. The molecule has 0 saturated carbocycles. The van der Waals surface area contributed by atoms with Crippen molar-refractivity contribution in [2.75, 3.05) is 39.8 Å². The van der Waals surface area contributed by atoms with Crippen molar-refractivity contribution >= 4 is 12.0 Å². The predicted molar refractivity (Wildman–Crippen MR) is 166 cm³/mol. The highest BCUT2D eigenvalue weighted by Crippen LogP contribution is 2.31. The van der Waals surface area contributed by atoms with Gasteiger partial charge >= 0.3 is 6.09 Å². The van der Waals surface area contributed by atoms with Gasteiger partial charge in [0.25, 0.3) is 0 Å². The van der Waals surface area contributed by atoms with Crippen molar-refractivity contribution in [1.29, 1.82) is 0 Å². The van der Waals surface area contributed by atoms with Crippen molar-refractivity contribution in [3.05, 3.63) is 108 Å². The molecule has 0 bridgehead atoms. The first-order valence-electron chi connectivity index (χ1n) is 15.4. The van der Waals surface area contributed by atoms with Gasteiger partial charge in [0.15, 0.2) is 6.23 Å². The molecule has 3 aromatic rings. The molecular weight excluding hydrogens is 524 g/mol. The van der Waals surface area contributed by atoms with Gasteiger partial charge < -0.3 is 19.9 Å². The molecule has 222 valence electrons. The van der Waals surface area contributed by atoms with E-state index in [-0.39, 0.29) is 11.8 Å². The van der Waals surface area contributed by atoms with Gasteiger partial charge in [-0.2, -0.15) is 0 Å². The number of carbonyl (C=O) groups excluding carboxylic acids is 2. The summed E-state index contributed by atoms with van der Waals surface area (Å²) < 4.78 is 5.82. The summed E-state index contributed by atoms with van der Waals surface area (Å²) in [6, 6.07) is 31.1. The number of nitrogens with one attached hydrogen (secondary N) is 2. The molecule has 5 rings (SSSR count). The summed E-state index contributed by atoms with van der Waals surface area (Å²) in [6.07, 6.45) is 4.22. The second kappa shape index (κ2) is 14.5. The average molecular weight is 569 g/mol. The summed E-state index contributed by atoms with van der Waals surface area (Å²) in [7, 11) is 1.56. The van der Waals surface area contributed by atoms with Gasteiger partial charge in [-0.3, -0.25) is 10.1 Å². The number of nitrogens with zero attached hydrogens (tertiary/aromatic N) is 2. The van der Waals surface area contributed by atoms with Crippen molar-refractivity contribution in [1.82, 2.24) is 20.4 Å². The van der Waals surface area contributed by atoms with Crippen molar-refractivity contribution in [3.63, 3.8) is 0 Å². The Morgan fingerprint density at radius 1 is 0.905 bits per heavy atom. The zero-order valence-electron chi connectivity index (χ0n) is 24.7. The maximum absolute atomic E-state index is 14.9. The molecule has 2 amide bonds. The molecule has 2 aliphatic heterocycles. The Balaban J connectivity index is 1.51. The summed E-state index contributed by atoms with van der Waals surface area (Å²) in [4.78, 5) is 31.8.